The standard InChI is InChI=1S/C14H19N3O3S/c1-10-7-11(9-15-8-10)14(18)16-5-3-13-12(16)4-6-17(13)21(2,19)20/h7-9,12-13H,3-6H2,1-2H3/t12-,13-/m1/s1. The van der Waals surface area contributed by atoms with Gasteiger partial charge in [0.2, 0.25) is 10.0 Å². The summed E-state index contributed by atoms with van der Waals surface area (Å²) in [5.41, 5.74) is 1.52. The molecule has 0 unspecified atom stereocenters. The van der Waals surface area contributed by atoms with Gasteiger partial charge >= 0.3 is 0 Å². The van der Waals surface area contributed by atoms with Crippen molar-refractivity contribution < 1.29 is 13.2 Å². The minimum atomic E-state index is -3.19. The zero-order chi connectivity index (χ0) is 15.2. The molecule has 1 aromatic heterocycles. The van der Waals surface area contributed by atoms with E-state index in [9.17, 15) is 13.2 Å². The lowest BCUT2D eigenvalue weighted by molar-refractivity contribution is 0.0734. The first-order valence-electron chi connectivity index (χ1n) is 7.07. The Balaban J connectivity index is 1.82. The molecule has 21 heavy (non-hydrogen) atoms. The third-order valence-corrected chi connectivity index (χ3v) is 5.64. The van der Waals surface area contributed by atoms with Crippen LogP contribution in [-0.2, 0) is 10.0 Å². The summed E-state index contributed by atoms with van der Waals surface area (Å²) in [6.45, 7) is 3.01. The molecule has 0 saturated carbocycles. The minimum Gasteiger partial charge on any atom is -0.334 e. The van der Waals surface area contributed by atoms with Gasteiger partial charge in [0.25, 0.3) is 5.91 Å². The van der Waals surface area contributed by atoms with Gasteiger partial charge in [0.05, 0.1) is 11.8 Å². The summed E-state index contributed by atoms with van der Waals surface area (Å²) in [6.07, 6.45) is 5.95. The molecule has 0 N–H and O–H groups in total. The van der Waals surface area contributed by atoms with Gasteiger partial charge in [-0.1, -0.05) is 0 Å². The van der Waals surface area contributed by atoms with Crippen molar-refractivity contribution in [1.82, 2.24) is 14.2 Å². The smallest absolute Gasteiger partial charge is 0.255 e. The normalized spacial score (nSPS) is 26.1. The van der Waals surface area contributed by atoms with Crippen molar-refractivity contribution >= 4 is 15.9 Å². The van der Waals surface area contributed by atoms with Gasteiger partial charge in [-0.2, -0.15) is 4.31 Å². The van der Waals surface area contributed by atoms with Crippen LogP contribution in [0.1, 0.15) is 28.8 Å². The van der Waals surface area contributed by atoms with Crippen LogP contribution in [0.2, 0.25) is 0 Å². The number of carbonyl (C=O) groups excluding carboxylic acids is 1. The van der Waals surface area contributed by atoms with E-state index in [2.05, 4.69) is 4.98 Å². The number of nitrogens with zero attached hydrogens (tertiary/aromatic N) is 3. The maximum Gasteiger partial charge on any atom is 0.255 e. The number of hydrogen-bond acceptors (Lipinski definition) is 4. The maximum atomic E-state index is 12.6. The Labute approximate surface area is 124 Å². The summed E-state index contributed by atoms with van der Waals surface area (Å²) >= 11 is 0. The predicted molar refractivity (Wildman–Crippen MR) is 78.4 cm³/mol. The van der Waals surface area contributed by atoms with E-state index in [1.165, 1.54) is 6.26 Å². The van der Waals surface area contributed by atoms with Crippen molar-refractivity contribution in [3.8, 4) is 0 Å². The molecule has 3 heterocycles. The van der Waals surface area contributed by atoms with Crippen molar-refractivity contribution in [3.63, 3.8) is 0 Å². The fourth-order valence-electron chi connectivity index (χ4n) is 3.45. The van der Waals surface area contributed by atoms with Crippen LogP contribution in [0.4, 0.5) is 0 Å². The molecule has 3 rings (SSSR count). The minimum absolute atomic E-state index is 0.00672. The van der Waals surface area contributed by atoms with E-state index < -0.39 is 10.0 Å². The number of likely N-dealkylation sites (tertiary alicyclic amines) is 1. The SMILES string of the molecule is Cc1cncc(C(=O)N2CC[C@@H]3[C@H]2CCN3S(C)(=O)=O)c1. The van der Waals surface area contributed by atoms with E-state index in [-0.39, 0.29) is 18.0 Å². The highest BCUT2D eigenvalue weighted by atomic mass is 32.2. The topological polar surface area (TPSA) is 70.6 Å². The molecule has 6 nitrogen and oxygen atoms in total. The summed E-state index contributed by atoms with van der Waals surface area (Å²) in [6, 6.07) is 1.75. The highest BCUT2D eigenvalue weighted by Gasteiger charge is 2.47. The monoisotopic (exact) mass is 309 g/mol. The predicted octanol–water partition coefficient (Wildman–Crippen LogP) is 0.638. The van der Waals surface area contributed by atoms with E-state index in [1.54, 1.807) is 16.7 Å². The van der Waals surface area contributed by atoms with Crippen LogP contribution in [0.15, 0.2) is 18.5 Å². The second kappa shape index (κ2) is 5.06. The van der Waals surface area contributed by atoms with Gasteiger partial charge in [-0.05, 0) is 31.4 Å². The Morgan fingerprint density at radius 1 is 1.24 bits per heavy atom. The average molecular weight is 309 g/mol. The summed E-state index contributed by atoms with van der Waals surface area (Å²) in [5.74, 6) is -0.0472. The molecule has 2 atom stereocenters. The van der Waals surface area contributed by atoms with E-state index in [0.29, 0.717) is 31.5 Å². The Morgan fingerprint density at radius 3 is 2.62 bits per heavy atom. The molecular weight excluding hydrogens is 290 g/mol. The number of fused-ring (bicyclic) bond motifs is 1. The summed E-state index contributed by atoms with van der Waals surface area (Å²) in [7, 11) is -3.19. The van der Waals surface area contributed by atoms with E-state index in [0.717, 1.165) is 5.56 Å². The summed E-state index contributed by atoms with van der Waals surface area (Å²) in [5, 5.41) is 0. The van der Waals surface area contributed by atoms with Gasteiger partial charge < -0.3 is 4.90 Å². The van der Waals surface area contributed by atoms with Crippen LogP contribution in [0, 0.1) is 6.92 Å². The van der Waals surface area contributed by atoms with Crippen LogP contribution >= 0.6 is 0 Å². The van der Waals surface area contributed by atoms with Gasteiger partial charge in [0, 0.05) is 37.6 Å². The molecule has 2 aliphatic heterocycles. The number of aromatic nitrogens is 1. The first kappa shape index (κ1) is 14.5. The number of sulfonamides is 1. The lowest BCUT2D eigenvalue weighted by atomic mass is 10.1. The lowest BCUT2D eigenvalue weighted by Gasteiger charge is -2.24. The van der Waals surface area contributed by atoms with Crippen LogP contribution in [0.25, 0.3) is 0 Å². The zero-order valence-corrected chi connectivity index (χ0v) is 13.0. The molecule has 0 bridgehead atoms. The van der Waals surface area contributed by atoms with Gasteiger partial charge in [0.1, 0.15) is 0 Å². The van der Waals surface area contributed by atoms with Crippen LogP contribution in [0.3, 0.4) is 0 Å². The van der Waals surface area contributed by atoms with E-state index >= 15 is 0 Å². The zero-order valence-electron chi connectivity index (χ0n) is 12.2. The Kier molecular flexibility index (Phi) is 3.49. The number of amides is 1. The molecule has 1 amide bonds. The average Bonchev–Trinajstić information content (AvgIpc) is 2.97. The number of rotatable bonds is 2. The molecule has 2 aliphatic rings. The van der Waals surface area contributed by atoms with E-state index in [1.807, 2.05) is 17.9 Å². The fraction of sp³-hybridized carbons (Fsp3) is 0.571. The highest BCUT2D eigenvalue weighted by molar-refractivity contribution is 7.88. The van der Waals surface area contributed by atoms with Gasteiger partial charge in [0.15, 0.2) is 0 Å². The Morgan fingerprint density at radius 2 is 1.95 bits per heavy atom. The first-order valence-corrected chi connectivity index (χ1v) is 8.92. The quantitative estimate of drug-likeness (QED) is 0.804. The summed E-state index contributed by atoms with van der Waals surface area (Å²) in [4.78, 5) is 18.5. The number of aryl methyl sites for hydroxylation is 1. The molecule has 0 aromatic carbocycles. The van der Waals surface area contributed by atoms with Crippen LogP contribution in [0.5, 0.6) is 0 Å². The van der Waals surface area contributed by atoms with Crippen molar-refractivity contribution in [3.05, 3.63) is 29.6 Å². The second-order valence-electron chi connectivity index (χ2n) is 5.84. The molecule has 1 aromatic rings. The van der Waals surface area contributed by atoms with Gasteiger partial charge in [-0.25, -0.2) is 8.42 Å². The van der Waals surface area contributed by atoms with Crippen molar-refractivity contribution in [2.75, 3.05) is 19.3 Å². The van der Waals surface area contributed by atoms with Crippen molar-refractivity contribution in [1.29, 1.82) is 0 Å². The highest BCUT2D eigenvalue weighted by Crippen LogP contribution is 2.33. The molecule has 114 valence electrons. The molecule has 0 spiro atoms. The first-order chi connectivity index (χ1) is 9.88. The maximum absolute atomic E-state index is 12.6. The summed E-state index contributed by atoms with van der Waals surface area (Å²) < 4.78 is 25.1. The Hall–Kier alpha value is -1.47. The number of pyridine rings is 1. The number of hydrogen-bond donors (Lipinski definition) is 0. The molecule has 7 heteroatoms. The fourth-order valence-corrected chi connectivity index (χ4v) is 4.62. The largest absolute Gasteiger partial charge is 0.334 e. The molecule has 0 radical (unpaired) electrons. The van der Waals surface area contributed by atoms with Crippen LogP contribution in [-0.4, -0.2) is 59.9 Å². The third kappa shape index (κ3) is 2.55. The molecule has 2 saturated heterocycles. The molecule has 2 fully saturated rings. The molecular formula is C14H19N3O3S. The van der Waals surface area contributed by atoms with Crippen molar-refractivity contribution in [2.45, 2.75) is 31.8 Å². The molecule has 0 aliphatic carbocycles. The van der Waals surface area contributed by atoms with E-state index in [4.69, 9.17) is 0 Å². The lowest BCUT2D eigenvalue weighted by Crippen LogP contribution is -2.41. The Bertz CT molecular complexity index is 674. The second-order valence-corrected chi connectivity index (χ2v) is 7.77. The van der Waals surface area contributed by atoms with Crippen molar-refractivity contribution in [2.24, 2.45) is 0 Å². The van der Waals surface area contributed by atoms with Gasteiger partial charge in [-0.15, -0.1) is 0 Å². The third-order valence-electron chi connectivity index (χ3n) is 4.33. The van der Waals surface area contributed by atoms with Crippen LogP contribution < -0.4 is 0 Å². The number of carbonyl (C=O) groups is 1. The van der Waals surface area contributed by atoms with Gasteiger partial charge in [-0.3, -0.25) is 9.78 Å².